The molecule has 0 saturated heterocycles. The molecule has 0 spiro atoms. The fraction of sp³-hybridized carbons (Fsp3) is 0.923. The van der Waals surface area contributed by atoms with E-state index in [1.54, 1.807) is 0 Å². The summed E-state index contributed by atoms with van der Waals surface area (Å²) < 4.78 is 0. The highest BCUT2D eigenvalue weighted by Gasteiger charge is 2.30. The summed E-state index contributed by atoms with van der Waals surface area (Å²) in [7, 11) is 0. The van der Waals surface area contributed by atoms with Crippen LogP contribution >= 0.6 is 0 Å². The third-order valence-corrected chi connectivity index (χ3v) is 3.12. The van der Waals surface area contributed by atoms with Crippen LogP contribution in [0.5, 0.6) is 0 Å². The molecule has 2 unspecified atom stereocenters. The Balaban J connectivity index is 4.54. The molecule has 0 rings (SSSR count). The molecule has 0 aliphatic carbocycles. The molecule has 0 fully saturated rings. The summed E-state index contributed by atoms with van der Waals surface area (Å²) in [6.45, 7) is 13.9. The predicted molar refractivity (Wildman–Crippen MR) is 69.1 cm³/mol. The zero-order valence-electron chi connectivity index (χ0n) is 11.7. The number of carbonyl (C=O) groups is 1. The van der Waals surface area contributed by atoms with Crippen LogP contribution in [-0.2, 0) is 4.79 Å². The van der Waals surface area contributed by atoms with E-state index >= 15 is 0 Å². The van der Waals surface area contributed by atoms with Gasteiger partial charge in [0, 0.05) is 13.1 Å². The second-order valence-corrected chi connectivity index (χ2v) is 5.73. The number of rotatable bonds is 5. The number of hydrogen-bond donors (Lipinski definition) is 1. The van der Waals surface area contributed by atoms with Gasteiger partial charge in [-0.1, -0.05) is 41.0 Å². The maximum Gasteiger partial charge on any atom is 0.240 e. The molecule has 0 bridgehead atoms. The van der Waals surface area contributed by atoms with Gasteiger partial charge in [0.05, 0.1) is 6.04 Å². The molecule has 0 aromatic carbocycles. The monoisotopic (exact) mass is 228 g/mol. The second kappa shape index (κ2) is 6.24. The van der Waals surface area contributed by atoms with Gasteiger partial charge < -0.3 is 10.6 Å². The SMILES string of the molecule is CCC(C)CN(CC)C(=O)C(N)C(C)(C)C. The average molecular weight is 228 g/mol. The zero-order chi connectivity index (χ0) is 12.9. The summed E-state index contributed by atoms with van der Waals surface area (Å²) in [5.41, 5.74) is 5.83. The minimum absolute atomic E-state index is 0.0790. The Morgan fingerprint density at radius 2 is 1.81 bits per heavy atom. The van der Waals surface area contributed by atoms with E-state index in [1.165, 1.54) is 0 Å². The lowest BCUT2D eigenvalue weighted by Gasteiger charge is -2.32. The van der Waals surface area contributed by atoms with Crippen molar-refractivity contribution in [1.82, 2.24) is 4.90 Å². The minimum Gasteiger partial charge on any atom is -0.341 e. The van der Waals surface area contributed by atoms with Gasteiger partial charge in [0.25, 0.3) is 0 Å². The molecule has 0 aliphatic heterocycles. The van der Waals surface area contributed by atoms with Gasteiger partial charge in [0.1, 0.15) is 0 Å². The molecule has 0 aromatic rings. The van der Waals surface area contributed by atoms with Crippen molar-refractivity contribution in [2.24, 2.45) is 17.1 Å². The first-order chi connectivity index (χ1) is 7.23. The number of amides is 1. The molecule has 0 aliphatic rings. The van der Waals surface area contributed by atoms with Gasteiger partial charge in [-0.15, -0.1) is 0 Å². The maximum atomic E-state index is 12.2. The Hall–Kier alpha value is -0.570. The Bertz CT molecular complexity index is 220. The summed E-state index contributed by atoms with van der Waals surface area (Å²) in [5.74, 6) is 0.617. The van der Waals surface area contributed by atoms with Crippen molar-refractivity contribution in [1.29, 1.82) is 0 Å². The van der Waals surface area contributed by atoms with Crippen molar-refractivity contribution in [2.75, 3.05) is 13.1 Å². The van der Waals surface area contributed by atoms with E-state index in [-0.39, 0.29) is 11.3 Å². The zero-order valence-corrected chi connectivity index (χ0v) is 11.7. The van der Waals surface area contributed by atoms with Gasteiger partial charge in [-0.2, -0.15) is 0 Å². The topological polar surface area (TPSA) is 46.3 Å². The van der Waals surface area contributed by atoms with E-state index in [0.717, 1.165) is 19.5 Å². The van der Waals surface area contributed by atoms with Crippen LogP contribution in [-0.4, -0.2) is 29.9 Å². The summed E-state index contributed by atoms with van der Waals surface area (Å²) in [6, 6.07) is -0.406. The van der Waals surface area contributed by atoms with Gasteiger partial charge >= 0.3 is 0 Å². The first-order valence-electron chi connectivity index (χ1n) is 6.28. The highest BCUT2D eigenvalue weighted by atomic mass is 16.2. The molecule has 3 nitrogen and oxygen atoms in total. The van der Waals surface area contributed by atoms with Gasteiger partial charge in [-0.3, -0.25) is 4.79 Å². The van der Waals surface area contributed by atoms with E-state index in [1.807, 2.05) is 32.6 Å². The fourth-order valence-electron chi connectivity index (χ4n) is 1.45. The first-order valence-corrected chi connectivity index (χ1v) is 6.28. The molecule has 2 atom stereocenters. The van der Waals surface area contributed by atoms with E-state index in [2.05, 4.69) is 13.8 Å². The predicted octanol–water partition coefficient (Wildman–Crippen LogP) is 2.25. The average Bonchev–Trinajstić information content (AvgIpc) is 2.22. The lowest BCUT2D eigenvalue weighted by atomic mass is 9.86. The highest BCUT2D eigenvalue weighted by Crippen LogP contribution is 2.19. The fourth-order valence-corrected chi connectivity index (χ4v) is 1.45. The van der Waals surface area contributed by atoms with Crippen LogP contribution < -0.4 is 5.73 Å². The third-order valence-electron chi connectivity index (χ3n) is 3.12. The third kappa shape index (κ3) is 4.52. The van der Waals surface area contributed by atoms with Crippen LogP contribution in [0.15, 0.2) is 0 Å². The van der Waals surface area contributed by atoms with Crippen molar-refractivity contribution in [3.05, 3.63) is 0 Å². The van der Waals surface area contributed by atoms with Crippen LogP contribution in [0.1, 0.15) is 48.0 Å². The summed E-state index contributed by atoms with van der Waals surface area (Å²) >= 11 is 0. The van der Waals surface area contributed by atoms with E-state index in [4.69, 9.17) is 5.73 Å². The standard InChI is InChI=1S/C13H28N2O/c1-7-10(3)9-15(8-2)12(16)11(14)13(4,5)6/h10-11H,7-9,14H2,1-6H3. The lowest BCUT2D eigenvalue weighted by molar-refractivity contribution is -0.135. The summed E-state index contributed by atoms with van der Waals surface area (Å²) in [4.78, 5) is 14.1. The van der Waals surface area contributed by atoms with Crippen molar-refractivity contribution in [2.45, 2.75) is 54.0 Å². The van der Waals surface area contributed by atoms with Gasteiger partial charge in [0.15, 0.2) is 0 Å². The number of carbonyl (C=O) groups excluding carboxylic acids is 1. The van der Waals surface area contributed by atoms with Crippen LogP contribution in [0.2, 0.25) is 0 Å². The molecule has 16 heavy (non-hydrogen) atoms. The highest BCUT2D eigenvalue weighted by molar-refractivity contribution is 5.82. The number of nitrogens with two attached hydrogens (primary N) is 1. The minimum atomic E-state index is -0.406. The lowest BCUT2D eigenvalue weighted by Crippen LogP contribution is -2.51. The molecule has 2 N–H and O–H groups in total. The van der Waals surface area contributed by atoms with E-state index < -0.39 is 6.04 Å². The van der Waals surface area contributed by atoms with Gasteiger partial charge in [-0.05, 0) is 18.3 Å². The van der Waals surface area contributed by atoms with Crippen LogP contribution in [0.4, 0.5) is 0 Å². The Morgan fingerprint density at radius 3 is 2.12 bits per heavy atom. The maximum absolute atomic E-state index is 12.2. The normalized spacial score (nSPS) is 15.7. The Morgan fingerprint density at radius 1 is 1.31 bits per heavy atom. The number of nitrogens with zero attached hydrogens (tertiary/aromatic N) is 1. The molecule has 3 heteroatoms. The van der Waals surface area contributed by atoms with Crippen molar-refractivity contribution < 1.29 is 4.79 Å². The van der Waals surface area contributed by atoms with E-state index in [9.17, 15) is 4.79 Å². The smallest absolute Gasteiger partial charge is 0.240 e. The molecular formula is C13H28N2O. The molecular weight excluding hydrogens is 200 g/mol. The van der Waals surface area contributed by atoms with Crippen LogP contribution in [0, 0.1) is 11.3 Å². The van der Waals surface area contributed by atoms with Gasteiger partial charge in [-0.25, -0.2) is 0 Å². The molecule has 0 saturated carbocycles. The Labute approximate surface area is 100 Å². The quantitative estimate of drug-likeness (QED) is 0.784. The van der Waals surface area contributed by atoms with Crippen molar-refractivity contribution in [3.8, 4) is 0 Å². The molecule has 1 amide bonds. The molecule has 0 radical (unpaired) electrons. The van der Waals surface area contributed by atoms with Crippen LogP contribution in [0.3, 0.4) is 0 Å². The van der Waals surface area contributed by atoms with E-state index in [0.29, 0.717) is 5.92 Å². The van der Waals surface area contributed by atoms with Crippen molar-refractivity contribution >= 4 is 5.91 Å². The number of likely N-dealkylation sites (N-methyl/N-ethyl adjacent to an activating group) is 1. The molecule has 0 aromatic heterocycles. The summed E-state index contributed by atoms with van der Waals surface area (Å²) in [6.07, 6.45) is 1.09. The first kappa shape index (κ1) is 15.4. The number of hydrogen-bond acceptors (Lipinski definition) is 2. The largest absolute Gasteiger partial charge is 0.341 e. The second-order valence-electron chi connectivity index (χ2n) is 5.73. The molecule has 0 heterocycles. The van der Waals surface area contributed by atoms with Crippen LogP contribution in [0.25, 0.3) is 0 Å². The summed E-state index contributed by atoms with van der Waals surface area (Å²) in [5, 5.41) is 0. The molecule has 96 valence electrons. The Kier molecular flexibility index (Phi) is 6.01. The van der Waals surface area contributed by atoms with Gasteiger partial charge in [0.2, 0.25) is 5.91 Å². The van der Waals surface area contributed by atoms with Crippen molar-refractivity contribution in [3.63, 3.8) is 0 Å².